The van der Waals surface area contributed by atoms with Crippen molar-refractivity contribution >= 4 is 5.97 Å². The lowest BCUT2D eigenvalue weighted by Gasteiger charge is -2.38. The molecule has 0 aliphatic carbocycles. The van der Waals surface area contributed by atoms with Crippen LogP contribution >= 0.6 is 0 Å². The Bertz CT molecular complexity index is 233. The van der Waals surface area contributed by atoms with Gasteiger partial charge in [0.25, 0.3) is 0 Å². The molecular formula is C11H21NO2. The second-order valence-corrected chi connectivity index (χ2v) is 5.92. The monoisotopic (exact) mass is 199 g/mol. The first-order chi connectivity index (χ1) is 6.22. The van der Waals surface area contributed by atoms with Gasteiger partial charge in [0, 0.05) is 0 Å². The van der Waals surface area contributed by atoms with E-state index in [4.69, 9.17) is 10.5 Å². The maximum atomic E-state index is 11.4. The molecule has 1 fully saturated rings. The van der Waals surface area contributed by atoms with Gasteiger partial charge in [-0.25, -0.2) is 0 Å². The Hall–Kier alpha value is -0.570. The smallest absolute Gasteiger partial charge is 0.322 e. The van der Waals surface area contributed by atoms with Gasteiger partial charge < -0.3 is 10.5 Å². The molecule has 0 saturated carbocycles. The molecule has 3 nitrogen and oxygen atoms in total. The highest BCUT2D eigenvalue weighted by atomic mass is 16.5. The number of hydrogen-bond donors (Lipinski definition) is 1. The molecule has 0 unspecified atom stereocenters. The van der Waals surface area contributed by atoms with Gasteiger partial charge in [-0.1, -0.05) is 27.7 Å². The maximum Gasteiger partial charge on any atom is 0.322 e. The van der Waals surface area contributed by atoms with E-state index < -0.39 is 6.04 Å². The summed E-state index contributed by atoms with van der Waals surface area (Å²) in [4.78, 5) is 11.4. The molecule has 1 atom stereocenters. The number of hydrogen-bond acceptors (Lipinski definition) is 3. The van der Waals surface area contributed by atoms with Gasteiger partial charge in [0.2, 0.25) is 0 Å². The first-order valence-corrected chi connectivity index (χ1v) is 5.14. The summed E-state index contributed by atoms with van der Waals surface area (Å²) in [5.74, 6) is -0.258. The first-order valence-electron chi connectivity index (χ1n) is 5.14. The Balaban J connectivity index is 2.79. The van der Waals surface area contributed by atoms with E-state index in [0.29, 0.717) is 13.0 Å². The predicted octanol–water partition coefficient (Wildman–Crippen LogP) is 1.70. The quantitative estimate of drug-likeness (QED) is 0.604. The van der Waals surface area contributed by atoms with Gasteiger partial charge in [0.15, 0.2) is 0 Å². The molecule has 82 valence electrons. The lowest BCUT2D eigenvalue weighted by molar-refractivity contribution is -0.152. The summed E-state index contributed by atoms with van der Waals surface area (Å²) in [7, 11) is 0. The molecular weight excluding hydrogens is 178 g/mol. The summed E-state index contributed by atoms with van der Waals surface area (Å²) in [5, 5.41) is 0. The predicted molar refractivity (Wildman–Crippen MR) is 55.7 cm³/mol. The van der Waals surface area contributed by atoms with E-state index in [1.807, 2.05) is 0 Å². The van der Waals surface area contributed by atoms with Gasteiger partial charge >= 0.3 is 5.97 Å². The fraction of sp³-hybridized carbons (Fsp3) is 0.909. The highest BCUT2D eigenvalue weighted by Gasteiger charge is 2.36. The fourth-order valence-electron chi connectivity index (χ4n) is 2.47. The van der Waals surface area contributed by atoms with Crippen LogP contribution in [0.4, 0.5) is 0 Å². The zero-order valence-electron chi connectivity index (χ0n) is 9.59. The summed E-state index contributed by atoms with van der Waals surface area (Å²) in [5.41, 5.74) is 5.91. The van der Waals surface area contributed by atoms with Crippen molar-refractivity contribution in [2.45, 2.75) is 46.6 Å². The molecule has 1 aliphatic rings. The number of ether oxygens (including phenoxy) is 1. The number of nitrogens with two attached hydrogens (primary N) is 1. The standard InChI is InChI=1S/C11H21NO2/c1-10(2)5-8(12)9(13)14-7-11(3,4)6-10/h8H,5-7,12H2,1-4H3/t8-/m0/s1. The van der Waals surface area contributed by atoms with Crippen LogP contribution < -0.4 is 5.73 Å². The van der Waals surface area contributed by atoms with Gasteiger partial charge in [-0.05, 0) is 23.7 Å². The van der Waals surface area contributed by atoms with E-state index in [-0.39, 0.29) is 16.8 Å². The Kier molecular flexibility index (Phi) is 2.91. The Labute approximate surface area is 86.0 Å². The largest absolute Gasteiger partial charge is 0.464 e. The molecule has 3 heteroatoms. The van der Waals surface area contributed by atoms with Gasteiger partial charge in [-0.15, -0.1) is 0 Å². The van der Waals surface area contributed by atoms with Gasteiger partial charge in [-0.2, -0.15) is 0 Å². The van der Waals surface area contributed by atoms with Crippen molar-refractivity contribution < 1.29 is 9.53 Å². The van der Waals surface area contributed by atoms with Crippen LogP contribution in [0.2, 0.25) is 0 Å². The second-order valence-electron chi connectivity index (χ2n) is 5.92. The van der Waals surface area contributed by atoms with Crippen molar-refractivity contribution in [1.82, 2.24) is 0 Å². The molecule has 0 bridgehead atoms. The van der Waals surface area contributed by atoms with Gasteiger partial charge in [0.05, 0.1) is 6.61 Å². The molecule has 1 rings (SSSR count). The zero-order valence-corrected chi connectivity index (χ0v) is 9.59. The van der Waals surface area contributed by atoms with Gasteiger partial charge in [0.1, 0.15) is 6.04 Å². The minimum Gasteiger partial charge on any atom is -0.464 e. The van der Waals surface area contributed by atoms with Crippen molar-refractivity contribution in [2.75, 3.05) is 6.61 Å². The minimum atomic E-state index is -0.457. The highest BCUT2D eigenvalue weighted by molar-refractivity contribution is 5.75. The van der Waals surface area contributed by atoms with Crippen LogP contribution in [-0.4, -0.2) is 18.6 Å². The fourth-order valence-corrected chi connectivity index (χ4v) is 2.47. The maximum absolute atomic E-state index is 11.4. The number of rotatable bonds is 0. The number of esters is 1. The highest BCUT2D eigenvalue weighted by Crippen LogP contribution is 2.38. The first kappa shape index (κ1) is 11.5. The molecule has 1 saturated heterocycles. The molecule has 0 radical (unpaired) electrons. The number of carbonyl (C=O) groups excluding carboxylic acids is 1. The van der Waals surface area contributed by atoms with Crippen molar-refractivity contribution in [2.24, 2.45) is 16.6 Å². The van der Waals surface area contributed by atoms with Crippen LogP contribution in [0.1, 0.15) is 40.5 Å². The van der Waals surface area contributed by atoms with Crippen molar-refractivity contribution in [3.8, 4) is 0 Å². The molecule has 1 heterocycles. The second kappa shape index (κ2) is 3.54. The summed E-state index contributed by atoms with van der Waals surface area (Å²) in [6, 6.07) is -0.457. The van der Waals surface area contributed by atoms with E-state index >= 15 is 0 Å². The lowest BCUT2D eigenvalue weighted by atomic mass is 9.72. The van der Waals surface area contributed by atoms with Gasteiger partial charge in [-0.3, -0.25) is 4.79 Å². The van der Waals surface area contributed by atoms with E-state index in [2.05, 4.69) is 27.7 Å². The Morgan fingerprint density at radius 1 is 1.29 bits per heavy atom. The van der Waals surface area contributed by atoms with Crippen LogP contribution in [0.3, 0.4) is 0 Å². The van der Waals surface area contributed by atoms with E-state index in [9.17, 15) is 4.79 Å². The van der Waals surface area contributed by atoms with E-state index in [0.717, 1.165) is 6.42 Å². The summed E-state index contributed by atoms with van der Waals surface area (Å²) in [6.07, 6.45) is 1.73. The van der Waals surface area contributed by atoms with Crippen molar-refractivity contribution in [3.05, 3.63) is 0 Å². The van der Waals surface area contributed by atoms with Crippen LogP contribution in [0.5, 0.6) is 0 Å². The average molecular weight is 199 g/mol. The Morgan fingerprint density at radius 2 is 1.86 bits per heavy atom. The normalized spacial score (nSPS) is 31.5. The third-order valence-electron chi connectivity index (χ3n) is 2.64. The molecule has 2 N–H and O–H groups in total. The van der Waals surface area contributed by atoms with Crippen LogP contribution in [0.15, 0.2) is 0 Å². The molecule has 0 spiro atoms. The van der Waals surface area contributed by atoms with Crippen LogP contribution in [0.25, 0.3) is 0 Å². The summed E-state index contributed by atoms with van der Waals surface area (Å²) in [6.45, 7) is 9.04. The van der Waals surface area contributed by atoms with E-state index in [1.54, 1.807) is 0 Å². The SMILES string of the molecule is CC1(C)COC(=O)[C@@H](N)CC(C)(C)C1. The number of carbonyl (C=O) groups is 1. The molecule has 14 heavy (non-hydrogen) atoms. The summed E-state index contributed by atoms with van der Waals surface area (Å²) < 4.78 is 5.14. The van der Waals surface area contributed by atoms with E-state index in [1.165, 1.54) is 0 Å². The third kappa shape index (κ3) is 2.98. The Morgan fingerprint density at radius 3 is 2.43 bits per heavy atom. The van der Waals surface area contributed by atoms with Crippen molar-refractivity contribution in [3.63, 3.8) is 0 Å². The number of cyclic esters (lactones) is 1. The molecule has 0 amide bonds. The van der Waals surface area contributed by atoms with Crippen molar-refractivity contribution in [1.29, 1.82) is 0 Å². The minimum absolute atomic E-state index is 0.0549. The van der Waals surface area contributed by atoms with Crippen LogP contribution in [-0.2, 0) is 9.53 Å². The van der Waals surface area contributed by atoms with Crippen LogP contribution in [0, 0.1) is 10.8 Å². The zero-order chi connectivity index (χ0) is 11.0. The molecule has 0 aromatic heterocycles. The molecule has 1 aliphatic heterocycles. The average Bonchev–Trinajstić information content (AvgIpc) is 1.95. The third-order valence-corrected chi connectivity index (χ3v) is 2.64. The topological polar surface area (TPSA) is 52.3 Å². The molecule has 0 aromatic rings. The molecule has 0 aromatic carbocycles. The lowest BCUT2D eigenvalue weighted by Crippen LogP contribution is -2.43. The summed E-state index contributed by atoms with van der Waals surface area (Å²) >= 11 is 0.